The van der Waals surface area contributed by atoms with E-state index in [4.69, 9.17) is 0 Å². The summed E-state index contributed by atoms with van der Waals surface area (Å²) in [6, 6.07) is 8.47. The van der Waals surface area contributed by atoms with Gasteiger partial charge in [0.05, 0.1) is 28.1 Å². The standard InChI is InChI=1S/C21H19BrN6O4/c1-10-6-11(4-5-13(10)22)28-19(30)12(18(29)26-21(28)32)9-23-16-7-14-15(25-20(31)24-14)8-17(16)27(2)3/h4-9,30H,1-3H3,(H2,24,25,31)(H,26,29,32). The Bertz CT molecular complexity index is 1560. The van der Waals surface area contributed by atoms with E-state index in [0.717, 1.165) is 14.6 Å². The Balaban J connectivity index is 1.87. The van der Waals surface area contributed by atoms with Crippen LogP contribution in [0.4, 0.5) is 11.4 Å². The van der Waals surface area contributed by atoms with Crippen LogP contribution in [0.3, 0.4) is 0 Å². The number of aromatic hydroxyl groups is 1. The lowest BCUT2D eigenvalue weighted by atomic mass is 10.2. The van der Waals surface area contributed by atoms with E-state index in [0.29, 0.717) is 28.1 Å². The Morgan fingerprint density at radius 1 is 1.06 bits per heavy atom. The molecule has 4 rings (SSSR count). The lowest BCUT2D eigenvalue weighted by Gasteiger charge is -2.15. The van der Waals surface area contributed by atoms with Crippen molar-refractivity contribution in [1.82, 2.24) is 19.5 Å². The molecule has 2 heterocycles. The molecule has 0 aliphatic carbocycles. The zero-order valence-corrected chi connectivity index (χ0v) is 18.9. The first-order valence-electron chi connectivity index (χ1n) is 9.48. The molecule has 10 nitrogen and oxygen atoms in total. The molecule has 0 saturated heterocycles. The summed E-state index contributed by atoms with van der Waals surface area (Å²) in [7, 11) is 3.62. The van der Waals surface area contributed by atoms with Gasteiger partial charge in [-0.25, -0.2) is 14.2 Å². The summed E-state index contributed by atoms with van der Waals surface area (Å²) in [5.74, 6) is -0.535. The summed E-state index contributed by atoms with van der Waals surface area (Å²) in [6.07, 6.45) is 1.19. The minimum absolute atomic E-state index is 0.183. The first kappa shape index (κ1) is 21.4. The van der Waals surface area contributed by atoms with E-state index in [1.54, 1.807) is 35.2 Å². The Labute approximate surface area is 189 Å². The van der Waals surface area contributed by atoms with Crippen LogP contribution in [0.15, 0.2) is 54.2 Å². The number of hydrogen-bond donors (Lipinski definition) is 4. The van der Waals surface area contributed by atoms with Gasteiger partial charge < -0.3 is 20.0 Å². The summed E-state index contributed by atoms with van der Waals surface area (Å²) >= 11 is 3.40. The topological polar surface area (TPSA) is 139 Å². The number of aliphatic imine (C=N–C) groups is 1. The third-order valence-corrected chi connectivity index (χ3v) is 5.84. The van der Waals surface area contributed by atoms with E-state index < -0.39 is 17.1 Å². The van der Waals surface area contributed by atoms with Crippen molar-refractivity contribution < 1.29 is 5.11 Å². The van der Waals surface area contributed by atoms with Crippen molar-refractivity contribution in [2.45, 2.75) is 6.92 Å². The zero-order chi connectivity index (χ0) is 23.2. The molecule has 0 atom stereocenters. The molecule has 4 N–H and O–H groups in total. The second-order valence-electron chi connectivity index (χ2n) is 7.38. The summed E-state index contributed by atoms with van der Waals surface area (Å²) in [5.41, 5.74) is 1.44. The highest BCUT2D eigenvalue weighted by Gasteiger charge is 2.15. The first-order valence-corrected chi connectivity index (χ1v) is 10.3. The number of H-pyrrole nitrogens is 3. The Morgan fingerprint density at radius 3 is 2.41 bits per heavy atom. The van der Waals surface area contributed by atoms with Crippen molar-refractivity contribution in [2.24, 2.45) is 4.99 Å². The maximum Gasteiger partial charge on any atom is 0.335 e. The minimum atomic E-state index is -0.774. The van der Waals surface area contributed by atoms with Gasteiger partial charge in [-0.15, -0.1) is 0 Å². The highest BCUT2D eigenvalue weighted by Crippen LogP contribution is 2.31. The molecule has 0 fully saturated rings. The summed E-state index contributed by atoms with van der Waals surface area (Å²) in [4.78, 5) is 50.2. The minimum Gasteiger partial charge on any atom is -0.493 e. The molecule has 11 heteroatoms. The molecule has 0 bridgehead atoms. The number of anilines is 1. The molecule has 4 aromatic rings. The van der Waals surface area contributed by atoms with Crippen molar-refractivity contribution in [3.63, 3.8) is 0 Å². The van der Waals surface area contributed by atoms with Gasteiger partial charge in [0, 0.05) is 24.8 Å². The number of hydrogen-bond acceptors (Lipinski definition) is 6. The van der Waals surface area contributed by atoms with Gasteiger partial charge in [0.25, 0.3) is 5.56 Å². The number of nitrogens with zero attached hydrogens (tertiary/aromatic N) is 3. The van der Waals surface area contributed by atoms with Gasteiger partial charge in [-0.3, -0.25) is 14.8 Å². The Hall–Kier alpha value is -3.86. The molecule has 0 saturated carbocycles. The van der Waals surface area contributed by atoms with Crippen molar-refractivity contribution in [1.29, 1.82) is 0 Å². The lowest BCUT2D eigenvalue weighted by Crippen LogP contribution is -2.31. The Morgan fingerprint density at radius 2 is 1.75 bits per heavy atom. The van der Waals surface area contributed by atoms with E-state index in [1.165, 1.54) is 6.21 Å². The van der Waals surface area contributed by atoms with E-state index in [-0.39, 0.29) is 11.3 Å². The fraction of sp³-hybridized carbons (Fsp3) is 0.143. The van der Waals surface area contributed by atoms with Gasteiger partial charge in [-0.2, -0.15) is 0 Å². The van der Waals surface area contributed by atoms with Crippen LogP contribution in [-0.2, 0) is 0 Å². The smallest absolute Gasteiger partial charge is 0.335 e. The molecule has 164 valence electrons. The number of fused-ring (bicyclic) bond motifs is 1. The number of rotatable bonds is 4. The fourth-order valence-electron chi connectivity index (χ4n) is 3.32. The monoisotopic (exact) mass is 498 g/mol. The highest BCUT2D eigenvalue weighted by atomic mass is 79.9. The third-order valence-electron chi connectivity index (χ3n) is 4.95. The normalized spacial score (nSPS) is 11.5. The third kappa shape index (κ3) is 3.78. The number of aromatic nitrogens is 4. The molecular formula is C21H19BrN6O4. The number of halogens is 1. The van der Waals surface area contributed by atoms with Crippen LogP contribution >= 0.6 is 15.9 Å². The van der Waals surface area contributed by atoms with Crippen LogP contribution in [0.25, 0.3) is 16.7 Å². The van der Waals surface area contributed by atoms with Crippen molar-refractivity contribution >= 4 is 44.6 Å². The van der Waals surface area contributed by atoms with Crippen molar-refractivity contribution in [3.05, 3.63) is 77.3 Å². The maximum absolute atomic E-state index is 12.4. The predicted octanol–water partition coefficient (Wildman–Crippen LogP) is 2.29. The summed E-state index contributed by atoms with van der Waals surface area (Å²) in [5, 5.41) is 10.8. The molecule has 0 radical (unpaired) electrons. The molecule has 0 aliphatic heterocycles. The van der Waals surface area contributed by atoms with Crippen LogP contribution in [0.1, 0.15) is 11.1 Å². The lowest BCUT2D eigenvalue weighted by molar-refractivity contribution is 0.430. The molecule has 0 amide bonds. The average molecular weight is 499 g/mol. The van der Waals surface area contributed by atoms with Crippen LogP contribution in [0.2, 0.25) is 0 Å². The van der Waals surface area contributed by atoms with Gasteiger partial charge in [0.1, 0.15) is 5.56 Å². The molecule has 0 unspecified atom stereocenters. The van der Waals surface area contributed by atoms with E-state index in [2.05, 4.69) is 35.9 Å². The number of nitrogens with one attached hydrogen (secondary N) is 3. The molecule has 2 aromatic carbocycles. The first-order chi connectivity index (χ1) is 15.2. The molecule has 32 heavy (non-hydrogen) atoms. The Kier molecular flexibility index (Phi) is 5.35. The van der Waals surface area contributed by atoms with Crippen LogP contribution in [0.5, 0.6) is 5.88 Å². The second-order valence-corrected chi connectivity index (χ2v) is 8.24. The van der Waals surface area contributed by atoms with E-state index in [1.807, 2.05) is 21.0 Å². The van der Waals surface area contributed by atoms with Gasteiger partial charge >= 0.3 is 11.4 Å². The van der Waals surface area contributed by atoms with E-state index in [9.17, 15) is 19.5 Å². The van der Waals surface area contributed by atoms with Crippen molar-refractivity contribution in [3.8, 4) is 11.6 Å². The van der Waals surface area contributed by atoms with Crippen LogP contribution in [-0.4, -0.2) is 44.9 Å². The number of aryl methyl sites for hydroxylation is 1. The highest BCUT2D eigenvalue weighted by molar-refractivity contribution is 9.10. The molecule has 2 aromatic heterocycles. The summed E-state index contributed by atoms with van der Waals surface area (Å²) < 4.78 is 1.84. The summed E-state index contributed by atoms with van der Waals surface area (Å²) in [6.45, 7) is 1.84. The number of imidazole rings is 1. The average Bonchev–Trinajstić information content (AvgIpc) is 3.08. The van der Waals surface area contributed by atoms with Crippen molar-refractivity contribution in [2.75, 3.05) is 19.0 Å². The van der Waals surface area contributed by atoms with Crippen LogP contribution < -0.4 is 21.8 Å². The predicted molar refractivity (Wildman–Crippen MR) is 127 cm³/mol. The SMILES string of the molecule is Cc1cc(-n2c(O)c(C=Nc3cc4[nH]c(=O)[nH]c4cc3N(C)C)c(=O)[nH]c2=O)ccc1Br. The largest absolute Gasteiger partial charge is 0.493 e. The zero-order valence-electron chi connectivity index (χ0n) is 17.4. The molecule has 0 aliphatic rings. The maximum atomic E-state index is 12.4. The van der Waals surface area contributed by atoms with Gasteiger partial charge in [0.2, 0.25) is 5.88 Å². The van der Waals surface area contributed by atoms with E-state index >= 15 is 0 Å². The van der Waals surface area contributed by atoms with Gasteiger partial charge in [0.15, 0.2) is 0 Å². The quantitative estimate of drug-likeness (QED) is 0.319. The molecular weight excluding hydrogens is 480 g/mol. The van der Waals surface area contributed by atoms with Crippen LogP contribution in [0, 0.1) is 6.92 Å². The fourth-order valence-corrected chi connectivity index (χ4v) is 3.56. The van der Waals surface area contributed by atoms with Gasteiger partial charge in [-0.1, -0.05) is 15.9 Å². The number of aromatic amines is 3. The number of benzene rings is 2. The molecule has 0 spiro atoms. The van der Waals surface area contributed by atoms with Gasteiger partial charge in [-0.05, 0) is 42.8 Å². The second kappa shape index (κ2) is 8.00.